The van der Waals surface area contributed by atoms with Crippen LogP contribution in [0.25, 0.3) is 0 Å². The van der Waals surface area contributed by atoms with Crippen LogP contribution in [-0.4, -0.2) is 18.5 Å². The van der Waals surface area contributed by atoms with E-state index in [1.54, 1.807) is 72.8 Å². The molecular formula is C52H51BF6O5P2. The average Bonchev–Trinajstić information content (AvgIpc) is 3.29. The molecule has 7 aromatic carbocycles. The van der Waals surface area contributed by atoms with E-state index in [2.05, 4.69) is 0 Å². The quantitative estimate of drug-likeness (QED) is 0.0618. The summed E-state index contributed by atoms with van der Waals surface area (Å²) in [6.07, 6.45) is -10.4. The van der Waals surface area contributed by atoms with Crippen molar-refractivity contribution >= 4 is 53.3 Å². The van der Waals surface area contributed by atoms with Crippen LogP contribution in [0, 0.1) is 0 Å². The number of alkyl halides is 6. The van der Waals surface area contributed by atoms with Gasteiger partial charge < -0.3 is 0 Å². The predicted octanol–water partition coefficient (Wildman–Crippen LogP) is 12.5. The van der Waals surface area contributed by atoms with Crippen LogP contribution in [0.1, 0.15) is 52.7 Å². The first-order valence-corrected chi connectivity index (χ1v) is 25.4. The van der Waals surface area contributed by atoms with Crippen LogP contribution in [0.5, 0.6) is 5.75 Å². The molecule has 0 fully saturated rings. The normalized spacial score (nSPS) is 14.1. The third kappa shape index (κ3) is 9.33. The molecule has 0 aromatic heterocycles. The van der Waals surface area contributed by atoms with Gasteiger partial charge in [-0.1, -0.05) is 0 Å². The minimum absolute atomic E-state index is 0.0465. The van der Waals surface area contributed by atoms with Gasteiger partial charge in [0.05, 0.1) is 0 Å². The molecule has 0 amide bonds. The molecule has 7 aromatic rings. The Morgan fingerprint density at radius 1 is 0.348 bits per heavy atom. The van der Waals surface area contributed by atoms with Crippen molar-refractivity contribution in [1.82, 2.24) is 0 Å². The molecule has 0 N–H and O–H groups in total. The molecule has 5 nitrogen and oxygen atoms in total. The zero-order valence-corrected chi connectivity index (χ0v) is 39.1. The van der Waals surface area contributed by atoms with Gasteiger partial charge in [0.15, 0.2) is 0 Å². The van der Waals surface area contributed by atoms with Gasteiger partial charge in [-0.15, -0.1) is 0 Å². The van der Waals surface area contributed by atoms with E-state index in [0.717, 1.165) is 0 Å². The summed E-state index contributed by atoms with van der Waals surface area (Å²) in [6, 6.07) is 55.5. The molecule has 0 bridgehead atoms. The Morgan fingerprint density at radius 2 is 0.576 bits per heavy atom. The van der Waals surface area contributed by atoms with Crippen LogP contribution in [0.2, 0.25) is 0 Å². The van der Waals surface area contributed by atoms with Crippen LogP contribution in [-0.2, 0) is 30.3 Å². The van der Waals surface area contributed by atoms with E-state index in [0.29, 0.717) is 44.0 Å². The third-order valence-electron chi connectivity index (χ3n) is 10.6. The fraction of sp³-hybridized carbons (Fsp3) is 0.192. The van der Waals surface area contributed by atoms with Crippen molar-refractivity contribution in [3.8, 4) is 5.75 Å². The SMILES string of the molecule is CC(C)(C)OP(OB(Oc1cc(C(F)(F)F)cc(C(F)(F)F)c1)OP(OC(C)(C)C)(c1ccccc1)(c1ccccc1)c1ccccc1)(c1ccccc1)(c1ccccc1)c1ccccc1. The predicted molar refractivity (Wildman–Crippen MR) is 257 cm³/mol. The van der Waals surface area contributed by atoms with Crippen molar-refractivity contribution in [3.63, 3.8) is 0 Å². The summed E-state index contributed by atoms with van der Waals surface area (Å²) in [5, 5.41) is 2.94. The average molecular weight is 943 g/mol. The Balaban J connectivity index is 1.71. The number of hydrogen-bond donors (Lipinski definition) is 0. The number of halogens is 6. The second kappa shape index (κ2) is 18.1. The van der Waals surface area contributed by atoms with Gasteiger partial charge in [-0.2, -0.15) is 0 Å². The summed E-state index contributed by atoms with van der Waals surface area (Å²) < 4.78 is 126. The van der Waals surface area contributed by atoms with Gasteiger partial charge >= 0.3 is 384 Å². The van der Waals surface area contributed by atoms with Crippen LogP contribution >= 0.6 is 14.1 Å². The molecule has 0 spiro atoms. The van der Waals surface area contributed by atoms with Crippen LogP contribution in [0.4, 0.5) is 26.3 Å². The fourth-order valence-corrected chi connectivity index (χ4v) is 18.9. The van der Waals surface area contributed by atoms with Gasteiger partial charge in [0, 0.05) is 0 Å². The van der Waals surface area contributed by atoms with Gasteiger partial charge in [0.25, 0.3) is 0 Å². The van der Waals surface area contributed by atoms with E-state index in [1.165, 1.54) is 0 Å². The second-order valence-corrected chi connectivity index (χ2v) is 25.4. The molecule has 0 saturated heterocycles. The van der Waals surface area contributed by atoms with Gasteiger partial charge in [0.1, 0.15) is 0 Å². The summed E-state index contributed by atoms with van der Waals surface area (Å²) in [4.78, 5) is 0. The maximum atomic E-state index is 14.7. The molecule has 0 aliphatic rings. The van der Waals surface area contributed by atoms with Crippen molar-refractivity contribution in [3.05, 3.63) is 211 Å². The number of hydrogen-bond acceptors (Lipinski definition) is 5. The molecule has 0 atom stereocenters. The molecule has 0 aliphatic heterocycles. The summed E-state index contributed by atoms with van der Waals surface area (Å²) in [5.74, 6) is -0.842. The number of rotatable bonds is 14. The standard InChI is InChI=1S/C52H51BF6O5P2/c1-49(2,3)61-65(43-25-13-7-14-26-43,44-27-15-8-16-28-44,45-29-17-9-18-30-45)63-53(60-42-38-40(51(54,55)56)37-41(39-42)52(57,58)59)64-66(62-50(4,5)6,46-31-19-10-20-32-46,47-33-21-11-22-34-47)48-35-23-12-24-36-48/h7-39H,1-6H3. The van der Waals surface area contributed by atoms with Gasteiger partial charge in [-0.25, -0.2) is 0 Å². The van der Waals surface area contributed by atoms with Crippen molar-refractivity contribution < 1.29 is 48.9 Å². The first kappa shape index (κ1) is 48.6. The van der Waals surface area contributed by atoms with E-state index in [4.69, 9.17) is 22.6 Å². The molecule has 7 rings (SSSR count). The fourth-order valence-electron chi connectivity index (χ4n) is 8.35. The topological polar surface area (TPSA) is 46.2 Å². The van der Waals surface area contributed by atoms with Gasteiger partial charge in [0.2, 0.25) is 0 Å². The van der Waals surface area contributed by atoms with Crippen LogP contribution < -0.4 is 36.5 Å². The van der Waals surface area contributed by atoms with E-state index >= 15 is 0 Å². The molecule has 0 heterocycles. The van der Waals surface area contributed by atoms with E-state index in [1.807, 2.05) is 151 Å². The molecule has 344 valence electrons. The van der Waals surface area contributed by atoms with E-state index in [9.17, 15) is 26.3 Å². The van der Waals surface area contributed by atoms with Crippen molar-refractivity contribution in [1.29, 1.82) is 0 Å². The molecule has 66 heavy (non-hydrogen) atoms. The van der Waals surface area contributed by atoms with Crippen molar-refractivity contribution in [2.45, 2.75) is 65.1 Å². The summed E-state index contributed by atoms with van der Waals surface area (Å²) in [6.45, 7) is 11.0. The molecule has 0 unspecified atom stereocenters. The Hall–Kier alpha value is -5.32. The zero-order chi connectivity index (χ0) is 47.5. The molecule has 0 aliphatic carbocycles. The first-order chi connectivity index (χ1) is 31.1. The minimum atomic E-state index is -5.21. The first-order valence-electron chi connectivity index (χ1n) is 21.2. The Kier molecular flexibility index (Phi) is 13.3. The summed E-state index contributed by atoms with van der Waals surface area (Å²) >= 11 is 0. The zero-order valence-electron chi connectivity index (χ0n) is 37.3. The second-order valence-electron chi connectivity index (χ2n) is 17.7. The van der Waals surface area contributed by atoms with Crippen LogP contribution in [0.3, 0.4) is 0 Å². The molecule has 0 saturated carbocycles. The summed E-state index contributed by atoms with van der Waals surface area (Å²) in [5.41, 5.74) is -5.34. The van der Waals surface area contributed by atoms with E-state index < -0.39 is 61.9 Å². The van der Waals surface area contributed by atoms with E-state index in [-0.39, 0.29) is 6.07 Å². The molecular weight excluding hydrogens is 891 g/mol. The van der Waals surface area contributed by atoms with Crippen molar-refractivity contribution in [2.75, 3.05) is 0 Å². The summed E-state index contributed by atoms with van der Waals surface area (Å²) in [7, 11) is -12.7. The van der Waals surface area contributed by atoms with Crippen LogP contribution in [0.15, 0.2) is 200 Å². The van der Waals surface area contributed by atoms with Crippen molar-refractivity contribution in [2.24, 2.45) is 0 Å². The van der Waals surface area contributed by atoms with Gasteiger partial charge in [-0.05, 0) is 0 Å². The number of benzene rings is 7. The Bertz CT molecular complexity index is 2320. The Labute approximate surface area is 383 Å². The monoisotopic (exact) mass is 942 g/mol. The maximum absolute atomic E-state index is 14.7. The third-order valence-corrected chi connectivity index (χ3v) is 21.0. The van der Waals surface area contributed by atoms with Gasteiger partial charge in [-0.3, -0.25) is 0 Å². The molecule has 0 radical (unpaired) electrons. The molecule has 14 heteroatoms. The Morgan fingerprint density at radius 3 is 0.773 bits per heavy atom.